The Labute approximate surface area is 158 Å². The molecular formula is C18H29Cl2SiZr. The second kappa shape index (κ2) is 11.2. The van der Waals surface area contributed by atoms with E-state index in [-0.39, 0.29) is 24.8 Å². The van der Waals surface area contributed by atoms with Crippen LogP contribution >= 0.6 is 0 Å². The molecule has 0 heterocycles. The molecule has 0 N–H and O–H groups in total. The van der Waals surface area contributed by atoms with Gasteiger partial charge in [-0.3, -0.25) is 0 Å². The summed E-state index contributed by atoms with van der Waals surface area (Å²) in [4.78, 5) is 0. The molecule has 4 heteroatoms. The van der Waals surface area contributed by atoms with Crippen molar-refractivity contribution >= 4 is 5.92 Å². The van der Waals surface area contributed by atoms with E-state index in [1.54, 1.807) is 11.1 Å². The van der Waals surface area contributed by atoms with Gasteiger partial charge in [-0.05, 0) is 0 Å². The summed E-state index contributed by atoms with van der Waals surface area (Å²) >= 11 is -1.49. The van der Waals surface area contributed by atoms with Gasteiger partial charge in [0.25, 0.3) is 0 Å². The van der Waals surface area contributed by atoms with Crippen molar-refractivity contribution in [3.8, 4) is 0 Å². The van der Waals surface area contributed by atoms with Crippen molar-refractivity contribution in [1.82, 2.24) is 0 Å². The first kappa shape index (κ1) is 22.6. The van der Waals surface area contributed by atoms with E-state index in [0.29, 0.717) is 0 Å². The van der Waals surface area contributed by atoms with Gasteiger partial charge in [0, 0.05) is 0 Å². The quantitative estimate of drug-likeness (QED) is 0.479. The molecule has 0 spiro atoms. The van der Waals surface area contributed by atoms with E-state index in [0.717, 1.165) is 0 Å². The molecule has 0 unspecified atom stereocenters. The first-order valence-electron chi connectivity index (χ1n) is 8.33. The van der Waals surface area contributed by atoms with Gasteiger partial charge in [0.2, 0.25) is 0 Å². The van der Waals surface area contributed by atoms with Crippen LogP contribution in [0, 0.1) is 0 Å². The molecule has 0 saturated heterocycles. The summed E-state index contributed by atoms with van der Waals surface area (Å²) < 4.78 is 3.95. The van der Waals surface area contributed by atoms with Gasteiger partial charge in [-0.2, -0.15) is 0 Å². The van der Waals surface area contributed by atoms with Crippen molar-refractivity contribution in [2.75, 3.05) is 0 Å². The van der Waals surface area contributed by atoms with Crippen LogP contribution in [0.5, 0.6) is 0 Å². The molecule has 2 aliphatic rings. The third-order valence-electron chi connectivity index (χ3n) is 4.32. The van der Waals surface area contributed by atoms with Crippen LogP contribution in [0.4, 0.5) is 0 Å². The Morgan fingerprint density at radius 3 is 1.59 bits per heavy atom. The zero-order valence-electron chi connectivity index (χ0n) is 14.4. The molecule has 0 aromatic heterocycles. The molecule has 123 valence electrons. The minimum atomic E-state index is -1.49. The fourth-order valence-corrected chi connectivity index (χ4v) is 24.1. The zero-order chi connectivity index (χ0) is 14.5. The molecule has 0 nitrogen and oxygen atoms in total. The number of hydrogen-bond acceptors (Lipinski definition) is 0. The van der Waals surface area contributed by atoms with Crippen LogP contribution in [-0.2, 0) is 20.9 Å². The number of rotatable bonds is 7. The first-order chi connectivity index (χ1) is 9.69. The maximum atomic E-state index is 2.62. The van der Waals surface area contributed by atoms with Gasteiger partial charge in [0.15, 0.2) is 0 Å². The molecular weight excluding hydrogens is 406 g/mol. The third kappa shape index (κ3) is 5.33. The van der Waals surface area contributed by atoms with E-state index in [1.165, 1.54) is 38.5 Å². The Balaban J connectivity index is 0.00000220. The maximum absolute atomic E-state index is 2.62. The van der Waals surface area contributed by atoms with Crippen molar-refractivity contribution < 1.29 is 45.7 Å². The van der Waals surface area contributed by atoms with Crippen LogP contribution in [0.25, 0.3) is 0 Å². The van der Waals surface area contributed by atoms with E-state index >= 15 is 0 Å². The molecule has 0 aromatic rings. The normalized spacial score (nSPS) is 16.4. The number of halogens is 2. The summed E-state index contributed by atoms with van der Waals surface area (Å²) in [6.07, 6.45) is 17.7. The summed E-state index contributed by atoms with van der Waals surface area (Å²) in [6.45, 7) is 9.90. The molecule has 2 rings (SSSR count). The van der Waals surface area contributed by atoms with E-state index in [4.69, 9.17) is 0 Å². The van der Waals surface area contributed by atoms with Gasteiger partial charge in [0.1, 0.15) is 0 Å². The predicted molar refractivity (Wildman–Crippen MR) is 90.3 cm³/mol. The van der Waals surface area contributed by atoms with E-state index in [2.05, 4.69) is 51.2 Å². The largest absolute Gasteiger partial charge is 1.00 e. The molecule has 0 aromatic carbocycles. The molecule has 2 aliphatic carbocycles. The van der Waals surface area contributed by atoms with Crippen LogP contribution in [0.15, 0.2) is 42.0 Å². The molecule has 0 aliphatic heterocycles. The van der Waals surface area contributed by atoms with Gasteiger partial charge >= 0.3 is 134 Å². The van der Waals surface area contributed by atoms with Gasteiger partial charge in [-0.15, -0.1) is 0 Å². The molecule has 0 bridgehead atoms. The van der Waals surface area contributed by atoms with Gasteiger partial charge in [0.05, 0.1) is 0 Å². The molecule has 22 heavy (non-hydrogen) atoms. The average Bonchev–Trinajstić information content (AvgIpc) is 3.02. The van der Waals surface area contributed by atoms with E-state index < -0.39 is 26.8 Å². The van der Waals surface area contributed by atoms with Crippen LogP contribution < -0.4 is 24.8 Å². The van der Waals surface area contributed by atoms with Gasteiger partial charge < -0.3 is 24.8 Å². The second-order valence-electron chi connectivity index (χ2n) is 6.29. The Hall–Kier alpha value is 0.640. The smallest absolute Gasteiger partial charge is 1.00 e. The first-order valence-corrected chi connectivity index (χ1v) is 17.9. The van der Waals surface area contributed by atoms with Crippen LogP contribution in [0.1, 0.15) is 52.4 Å². The minimum absolute atomic E-state index is 0. The van der Waals surface area contributed by atoms with Crippen molar-refractivity contribution in [2.45, 2.75) is 65.5 Å². The third-order valence-corrected chi connectivity index (χ3v) is 23.9. The van der Waals surface area contributed by atoms with Gasteiger partial charge in [-0.25, -0.2) is 0 Å². The van der Waals surface area contributed by atoms with Gasteiger partial charge in [-0.1, -0.05) is 0 Å². The average molecular weight is 436 g/mol. The molecule has 0 radical (unpaired) electrons. The Morgan fingerprint density at radius 1 is 0.864 bits per heavy atom. The predicted octanol–water partition coefficient (Wildman–Crippen LogP) is -0.376. The molecule has 0 atom stereocenters. The SMILES string of the molecule is CCCC1=[C]([Zr+2]([C]2=C(CCC)C=CC2)[SiH](C)C)CC=C1.[Cl-].[Cl-]. The fraction of sp³-hybridized carbons (Fsp3) is 0.556. The molecule has 0 fully saturated rings. The summed E-state index contributed by atoms with van der Waals surface area (Å²) in [7, 11) is 0. The summed E-state index contributed by atoms with van der Waals surface area (Å²) in [6, 6.07) is 0. The fourth-order valence-electron chi connectivity index (χ4n) is 3.55. The van der Waals surface area contributed by atoms with Crippen molar-refractivity contribution in [3.63, 3.8) is 0 Å². The molecule has 0 saturated carbocycles. The zero-order valence-corrected chi connectivity index (χ0v) is 19.5. The van der Waals surface area contributed by atoms with Crippen LogP contribution in [0.2, 0.25) is 13.1 Å². The number of hydrogen-bond donors (Lipinski definition) is 0. The molecule has 0 amide bonds. The summed E-state index contributed by atoms with van der Waals surface area (Å²) in [5.74, 6) is -0.518. The standard InChI is InChI=1S/2C8H11.C2H7Si.2ClH.Zr/c2*1-2-5-8-6-3-4-7-8;1-3-2;;;/h2*3,6H,2,4-5H2,1H3;3H,1-2H3;2*1H;/q;;;;;+2/p-2. The Morgan fingerprint density at radius 2 is 1.27 bits per heavy atom. The Kier molecular flexibility index (Phi) is 11.6. The van der Waals surface area contributed by atoms with E-state index in [9.17, 15) is 0 Å². The monoisotopic (exact) mass is 433 g/mol. The second-order valence-corrected chi connectivity index (χ2v) is 25.5. The summed E-state index contributed by atoms with van der Waals surface area (Å²) in [5.41, 5.74) is 3.50. The van der Waals surface area contributed by atoms with Crippen LogP contribution in [-0.4, -0.2) is 5.92 Å². The topological polar surface area (TPSA) is 0 Å². The van der Waals surface area contributed by atoms with E-state index in [1.807, 2.05) is 6.56 Å². The summed E-state index contributed by atoms with van der Waals surface area (Å²) in [5, 5.41) is 0. The maximum Gasteiger partial charge on any atom is -1.00 e. The Bertz CT molecular complexity index is 435. The number of allylic oxidation sites excluding steroid dienone is 8. The minimum Gasteiger partial charge on any atom is -1.00 e. The van der Waals surface area contributed by atoms with Crippen LogP contribution in [0.3, 0.4) is 0 Å². The van der Waals surface area contributed by atoms with Crippen molar-refractivity contribution in [2.24, 2.45) is 0 Å². The van der Waals surface area contributed by atoms with Crippen molar-refractivity contribution in [3.05, 3.63) is 42.0 Å². The van der Waals surface area contributed by atoms with Crippen molar-refractivity contribution in [1.29, 1.82) is 0 Å².